The highest BCUT2D eigenvalue weighted by molar-refractivity contribution is 7.99. The van der Waals surface area contributed by atoms with Crippen LogP contribution in [0, 0.1) is 0 Å². The first kappa shape index (κ1) is 8.35. The number of hydrogen-bond acceptors (Lipinski definition) is 4. The van der Waals surface area contributed by atoms with Crippen molar-refractivity contribution in [2.24, 2.45) is 5.73 Å². The lowest BCUT2D eigenvalue weighted by Crippen LogP contribution is -2.46. The predicted molar refractivity (Wildman–Crippen MR) is 42.0 cm³/mol. The van der Waals surface area contributed by atoms with E-state index in [2.05, 4.69) is 5.32 Å². The Hall–Kier alpha value is -0.750. The van der Waals surface area contributed by atoms with Gasteiger partial charge in [-0.15, -0.1) is 11.8 Å². The van der Waals surface area contributed by atoms with Gasteiger partial charge in [0.25, 0.3) is 0 Å². The number of carbonyl (C=O) groups is 2. The molecule has 62 valence electrons. The van der Waals surface area contributed by atoms with Crippen LogP contribution in [0.5, 0.6) is 0 Å². The summed E-state index contributed by atoms with van der Waals surface area (Å²) in [4.78, 5) is 21.2. The number of imide groups is 1. The highest BCUT2D eigenvalue weighted by atomic mass is 32.2. The van der Waals surface area contributed by atoms with Crippen molar-refractivity contribution in [1.82, 2.24) is 10.6 Å². The second-order valence-electron chi connectivity index (χ2n) is 2.13. The van der Waals surface area contributed by atoms with Crippen molar-refractivity contribution in [1.29, 1.82) is 0 Å². The molecule has 0 aromatic rings. The molecule has 0 aromatic carbocycles. The predicted octanol–water partition coefficient (Wildman–Crippen LogP) is -1.16. The van der Waals surface area contributed by atoms with E-state index in [9.17, 15) is 9.59 Å². The van der Waals surface area contributed by atoms with Crippen LogP contribution in [0.15, 0.2) is 0 Å². The number of rotatable bonds is 1. The highest BCUT2D eigenvalue weighted by Gasteiger charge is 2.22. The van der Waals surface area contributed by atoms with Crippen LogP contribution in [0.1, 0.15) is 0 Å². The van der Waals surface area contributed by atoms with E-state index in [1.54, 1.807) is 11.8 Å². The largest absolute Gasteiger partial charge is 0.351 e. The quantitative estimate of drug-likeness (QED) is 0.469. The van der Waals surface area contributed by atoms with Crippen molar-refractivity contribution in [3.8, 4) is 0 Å². The highest BCUT2D eigenvalue weighted by Crippen LogP contribution is 2.08. The molecule has 6 heteroatoms. The topological polar surface area (TPSA) is 84.2 Å². The molecule has 0 radical (unpaired) electrons. The van der Waals surface area contributed by atoms with Gasteiger partial charge in [-0.05, 0) is 0 Å². The fourth-order valence-electron chi connectivity index (χ4n) is 0.772. The fraction of sp³-hybridized carbons (Fsp3) is 0.600. The molecule has 1 saturated heterocycles. The molecule has 1 fully saturated rings. The SMILES string of the molecule is NC(=O)NC(=O)C1CSCN1. The molecular formula is C5H9N3O2S. The van der Waals surface area contributed by atoms with Gasteiger partial charge in [-0.25, -0.2) is 4.79 Å². The van der Waals surface area contributed by atoms with Gasteiger partial charge in [0.15, 0.2) is 0 Å². The monoisotopic (exact) mass is 175 g/mol. The van der Waals surface area contributed by atoms with Gasteiger partial charge in [0.05, 0.1) is 6.04 Å². The minimum absolute atomic E-state index is 0.271. The number of urea groups is 1. The van der Waals surface area contributed by atoms with E-state index in [1.807, 2.05) is 5.32 Å². The van der Waals surface area contributed by atoms with E-state index in [-0.39, 0.29) is 11.9 Å². The molecule has 0 bridgehead atoms. The average molecular weight is 175 g/mol. The van der Waals surface area contributed by atoms with Crippen molar-refractivity contribution in [2.75, 3.05) is 11.6 Å². The summed E-state index contributed by atoms with van der Waals surface area (Å²) in [7, 11) is 0. The number of carbonyl (C=O) groups excluding carboxylic acids is 2. The number of primary amides is 1. The number of nitrogens with one attached hydrogen (secondary N) is 2. The van der Waals surface area contributed by atoms with E-state index in [1.165, 1.54) is 0 Å². The molecule has 0 aliphatic carbocycles. The van der Waals surface area contributed by atoms with Crippen molar-refractivity contribution in [3.63, 3.8) is 0 Å². The van der Waals surface area contributed by atoms with Crippen molar-refractivity contribution >= 4 is 23.7 Å². The van der Waals surface area contributed by atoms with Crippen LogP contribution in [0.2, 0.25) is 0 Å². The first-order valence-electron chi connectivity index (χ1n) is 3.11. The molecule has 3 amide bonds. The molecule has 1 rings (SSSR count). The summed E-state index contributed by atoms with van der Waals surface area (Å²) >= 11 is 1.61. The molecule has 5 nitrogen and oxygen atoms in total. The zero-order valence-electron chi connectivity index (χ0n) is 5.79. The summed E-state index contributed by atoms with van der Waals surface area (Å²) in [6.45, 7) is 0. The standard InChI is InChI=1S/C5H9N3O2S/c6-5(10)8-4(9)3-1-11-2-7-3/h3,7H,1-2H2,(H3,6,8,9,10). The first-order chi connectivity index (χ1) is 5.20. The zero-order chi connectivity index (χ0) is 8.27. The lowest BCUT2D eigenvalue weighted by Gasteiger charge is -2.06. The van der Waals surface area contributed by atoms with Crippen LogP contribution in [-0.4, -0.2) is 29.6 Å². The smallest absolute Gasteiger partial charge is 0.318 e. The molecular weight excluding hydrogens is 166 g/mol. The van der Waals surface area contributed by atoms with Gasteiger partial charge in [-0.1, -0.05) is 0 Å². The normalized spacial score (nSPS) is 23.1. The van der Waals surface area contributed by atoms with Gasteiger partial charge in [0.2, 0.25) is 5.91 Å². The summed E-state index contributed by atoms with van der Waals surface area (Å²) in [5, 5.41) is 4.91. The Kier molecular flexibility index (Phi) is 2.72. The second kappa shape index (κ2) is 3.59. The zero-order valence-corrected chi connectivity index (χ0v) is 6.61. The van der Waals surface area contributed by atoms with Crippen molar-refractivity contribution in [2.45, 2.75) is 6.04 Å². The van der Waals surface area contributed by atoms with Crippen LogP contribution < -0.4 is 16.4 Å². The third-order valence-corrected chi connectivity index (χ3v) is 2.22. The summed E-state index contributed by atoms with van der Waals surface area (Å²) < 4.78 is 0. The molecule has 1 unspecified atom stereocenters. The minimum atomic E-state index is -0.797. The molecule has 1 aliphatic heterocycles. The summed E-state index contributed by atoms with van der Waals surface area (Å²) in [5.41, 5.74) is 4.76. The molecule has 1 aliphatic rings. The molecule has 0 saturated carbocycles. The number of nitrogens with two attached hydrogens (primary N) is 1. The molecule has 1 atom stereocenters. The molecule has 1 heterocycles. The van der Waals surface area contributed by atoms with Crippen LogP contribution in [0.3, 0.4) is 0 Å². The fourth-order valence-corrected chi connectivity index (χ4v) is 1.71. The van der Waals surface area contributed by atoms with Crippen molar-refractivity contribution in [3.05, 3.63) is 0 Å². The van der Waals surface area contributed by atoms with Gasteiger partial charge in [-0.2, -0.15) is 0 Å². The third kappa shape index (κ3) is 2.39. The molecule has 11 heavy (non-hydrogen) atoms. The molecule has 0 aromatic heterocycles. The average Bonchev–Trinajstić information content (AvgIpc) is 2.35. The van der Waals surface area contributed by atoms with E-state index < -0.39 is 6.03 Å². The van der Waals surface area contributed by atoms with E-state index in [0.29, 0.717) is 5.75 Å². The van der Waals surface area contributed by atoms with Crippen LogP contribution in [-0.2, 0) is 4.79 Å². The minimum Gasteiger partial charge on any atom is -0.351 e. The molecule has 4 N–H and O–H groups in total. The van der Waals surface area contributed by atoms with Gasteiger partial charge < -0.3 is 5.73 Å². The first-order valence-corrected chi connectivity index (χ1v) is 4.27. The van der Waals surface area contributed by atoms with Gasteiger partial charge in [0, 0.05) is 11.6 Å². The lowest BCUT2D eigenvalue weighted by molar-refractivity contribution is -0.121. The Labute approximate surface area is 68.1 Å². The Morgan fingerprint density at radius 1 is 1.64 bits per heavy atom. The van der Waals surface area contributed by atoms with Crippen LogP contribution in [0.25, 0.3) is 0 Å². The Morgan fingerprint density at radius 3 is 2.82 bits per heavy atom. The van der Waals surface area contributed by atoms with Crippen molar-refractivity contribution < 1.29 is 9.59 Å². The summed E-state index contributed by atoms with van der Waals surface area (Å²) in [6, 6.07) is -1.07. The third-order valence-electron chi connectivity index (χ3n) is 1.28. The second-order valence-corrected chi connectivity index (χ2v) is 3.16. The lowest BCUT2D eigenvalue weighted by atomic mass is 10.3. The maximum absolute atomic E-state index is 11.0. The maximum atomic E-state index is 11.0. The number of amides is 3. The van der Waals surface area contributed by atoms with Gasteiger partial charge >= 0.3 is 6.03 Å². The number of hydrogen-bond donors (Lipinski definition) is 3. The van der Waals surface area contributed by atoms with Crippen LogP contribution >= 0.6 is 11.8 Å². The van der Waals surface area contributed by atoms with E-state index in [4.69, 9.17) is 5.73 Å². The number of thioether (sulfide) groups is 1. The van der Waals surface area contributed by atoms with E-state index >= 15 is 0 Å². The Balaban J connectivity index is 2.34. The van der Waals surface area contributed by atoms with Gasteiger partial charge in [-0.3, -0.25) is 15.4 Å². The molecule has 0 spiro atoms. The maximum Gasteiger partial charge on any atom is 0.318 e. The van der Waals surface area contributed by atoms with Gasteiger partial charge in [0.1, 0.15) is 0 Å². The Bertz CT molecular complexity index is 179. The van der Waals surface area contributed by atoms with E-state index in [0.717, 1.165) is 5.88 Å². The summed E-state index contributed by atoms with van der Waals surface area (Å²) in [6.07, 6.45) is 0. The summed E-state index contributed by atoms with van der Waals surface area (Å²) in [5.74, 6) is 1.10. The Morgan fingerprint density at radius 2 is 2.36 bits per heavy atom. The van der Waals surface area contributed by atoms with Crippen LogP contribution in [0.4, 0.5) is 4.79 Å².